The Bertz CT molecular complexity index is 1590. The molecule has 41 heavy (non-hydrogen) atoms. The van der Waals surface area contributed by atoms with Crippen LogP contribution >= 0.6 is 11.3 Å². The zero-order chi connectivity index (χ0) is 28.9. The minimum absolute atomic E-state index is 0.0161. The van der Waals surface area contributed by atoms with Crippen molar-refractivity contribution >= 4 is 44.1 Å². The van der Waals surface area contributed by atoms with Gasteiger partial charge in [-0.15, -0.1) is 0 Å². The number of anilines is 1. The molecule has 212 valence electrons. The monoisotopic (exact) mass is 572 g/mol. The summed E-state index contributed by atoms with van der Waals surface area (Å²) >= 11 is 1.29. The molecule has 1 atom stereocenters. The third kappa shape index (κ3) is 5.76. The van der Waals surface area contributed by atoms with Crippen LogP contribution in [0.4, 0.5) is 5.13 Å². The molecule has 4 aromatic rings. The maximum Gasteiger partial charge on any atom is 0.301 e. The molecule has 1 saturated heterocycles. The average Bonchev–Trinajstić information content (AvgIpc) is 3.53. The van der Waals surface area contributed by atoms with Crippen molar-refractivity contribution in [3.63, 3.8) is 0 Å². The van der Waals surface area contributed by atoms with Gasteiger partial charge in [0.05, 0.1) is 42.2 Å². The number of aliphatic hydroxyl groups is 1. The van der Waals surface area contributed by atoms with Crippen LogP contribution in [-0.2, 0) is 9.59 Å². The van der Waals surface area contributed by atoms with E-state index in [2.05, 4.69) is 6.92 Å². The molecular formula is C32H32N2O6S. The fraction of sp³-hybridized carbons (Fsp3) is 0.281. The Morgan fingerprint density at radius 3 is 2.44 bits per heavy atom. The molecule has 0 aliphatic carbocycles. The lowest BCUT2D eigenvalue weighted by Gasteiger charge is -2.23. The van der Waals surface area contributed by atoms with Gasteiger partial charge in [-0.05, 0) is 73.5 Å². The van der Waals surface area contributed by atoms with Crippen LogP contribution in [0.2, 0.25) is 0 Å². The number of hydrogen-bond acceptors (Lipinski definition) is 8. The second-order valence-electron chi connectivity index (χ2n) is 9.58. The number of aliphatic hydroxyl groups excluding tert-OH is 1. The van der Waals surface area contributed by atoms with Gasteiger partial charge in [0.1, 0.15) is 23.0 Å². The number of benzene rings is 3. The number of carbonyl (C=O) groups is 2. The van der Waals surface area contributed by atoms with E-state index < -0.39 is 17.7 Å². The van der Waals surface area contributed by atoms with E-state index in [-0.39, 0.29) is 11.3 Å². The third-order valence-corrected chi connectivity index (χ3v) is 7.88. The predicted molar refractivity (Wildman–Crippen MR) is 160 cm³/mol. The van der Waals surface area contributed by atoms with Gasteiger partial charge in [0.15, 0.2) is 5.13 Å². The van der Waals surface area contributed by atoms with E-state index in [1.807, 2.05) is 49.4 Å². The van der Waals surface area contributed by atoms with Gasteiger partial charge in [0, 0.05) is 5.56 Å². The molecule has 1 amide bonds. The van der Waals surface area contributed by atoms with Crippen molar-refractivity contribution in [2.75, 3.05) is 25.2 Å². The van der Waals surface area contributed by atoms with Gasteiger partial charge in [-0.25, -0.2) is 4.98 Å². The minimum Gasteiger partial charge on any atom is -0.507 e. The first kappa shape index (κ1) is 28.2. The summed E-state index contributed by atoms with van der Waals surface area (Å²) in [6, 6.07) is 18.6. The van der Waals surface area contributed by atoms with E-state index in [1.165, 1.54) is 16.2 Å². The SMILES string of the molecule is CCCCCOc1cccc(C2/C(=C(\O)c3ccc(OC)cc3)C(=O)C(=O)N2c2nc3ccc(OCC)cc3s2)c1. The Kier molecular flexibility index (Phi) is 8.54. The average molecular weight is 573 g/mol. The Labute approximate surface area is 242 Å². The molecule has 0 bridgehead atoms. The zero-order valence-electron chi connectivity index (χ0n) is 23.3. The number of carbonyl (C=O) groups excluding carboxylic acids is 2. The number of fused-ring (bicyclic) bond motifs is 1. The topological polar surface area (TPSA) is 98.2 Å². The molecule has 0 saturated carbocycles. The molecule has 1 aliphatic rings. The lowest BCUT2D eigenvalue weighted by molar-refractivity contribution is -0.132. The van der Waals surface area contributed by atoms with Gasteiger partial charge < -0.3 is 19.3 Å². The normalized spacial score (nSPS) is 16.4. The molecule has 0 spiro atoms. The van der Waals surface area contributed by atoms with E-state index in [4.69, 9.17) is 19.2 Å². The summed E-state index contributed by atoms with van der Waals surface area (Å²) in [5.74, 6) is 0.107. The van der Waals surface area contributed by atoms with Gasteiger partial charge in [0.2, 0.25) is 0 Å². The quantitative estimate of drug-likeness (QED) is 0.0904. The summed E-state index contributed by atoms with van der Waals surface area (Å²) in [6.07, 6.45) is 3.06. The maximum absolute atomic E-state index is 13.6. The third-order valence-electron chi connectivity index (χ3n) is 6.86. The number of methoxy groups -OCH3 is 1. The number of ketones is 1. The van der Waals surface area contributed by atoms with Crippen LogP contribution in [0.3, 0.4) is 0 Å². The number of Topliss-reactive ketones (excluding diaryl/α,β-unsaturated/α-hetero) is 1. The van der Waals surface area contributed by atoms with Crippen LogP contribution in [-0.4, -0.2) is 42.1 Å². The molecule has 1 N–H and O–H groups in total. The Morgan fingerprint density at radius 2 is 1.71 bits per heavy atom. The molecule has 1 unspecified atom stereocenters. The minimum atomic E-state index is -0.914. The second kappa shape index (κ2) is 12.4. The van der Waals surface area contributed by atoms with E-state index in [0.717, 1.165) is 24.0 Å². The van der Waals surface area contributed by atoms with E-state index in [9.17, 15) is 14.7 Å². The fourth-order valence-electron chi connectivity index (χ4n) is 4.82. The van der Waals surface area contributed by atoms with E-state index >= 15 is 0 Å². The van der Waals surface area contributed by atoms with E-state index in [0.29, 0.717) is 52.2 Å². The van der Waals surface area contributed by atoms with Crippen molar-refractivity contribution in [3.05, 3.63) is 83.4 Å². The van der Waals surface area contributed by atoms with Crippen molar-refractivity contribution in [3.8, 4) is 17.2 Å². The van der Waals surface area contributed by atoms with Crippen LogP contribution in [0.1, 0.15) is 50.3 Å². The molecule has 1 aliphatic heterocycles. The Morgan fingerprint density at radius 1 is 0.951 bits per heavy atom. The van der Waals surface area contributed by atoms with Crippen molar-refractivity contribution in [2.45, 2.75) is 39.2 Å². The van der Waals surface area contributed by atoms with Crippen LogP contribution in [0, 0.1) is 0 Å². The second-order valence-corrected chi connectivity index (χ2v) is 10.6. The molecule has 1 aromatic heterocycles. The number of rotatable bonds is 11. The highest BCUT2D eigenvalue weighted by Crippen LogP contribution is 2.45. The number of unbranched alkanes of at least 4 members (excludes halogenated alkanes) is 2. The molecule has 2 heterocycles. The first-order valence-corrected chi connectivity index (χ1v) is 14.5. The Hall–Kier alpha value is -4.37. The number of hydrogen-bond donors (Lipinski definition) is 1. The van der Waals surface area contributed by atoms with Crippen LogP contribution in [0.25, 0.3) is 16.0 Å². The number of aromatic nitrogens is 1. The molecule has 5 rings (SSSR count). The predicted octanol–water partition coefficient (Wildman–Crippen LogP) is 6.90. The van der Waals surface area contributed by atoms with Crippen molar-refractivity contribution in [1.29, 1.82) is 0 Å². The summed E-state index contributed by atoms with van der Waals surface area (Å²) < 4.78 is 17.7. The molecular weight excluding hydrogens is 540 g/mol. The highest BCUT2D eigenvalue weighted by atomic mass is 32.1. The number of amides is 1. The highest BCUT2D eigenvalue weighted by molar-refractivity contribution is 7.22. The van der Waals surface area contributed by atoms with E-state index in [1.54, 1.807) is 31.4 Å². The van der Waals surface area contributed by atoms with Crippen molar-refractivity contribution < 1.29 is 28.9 Å². The zero-order valence-corrected chi connectivity index (χ0v) is 24.1. The summed E-state index contributed by atoms with van der Waals surface area (Å²) in [4.78, 5) is 33.3. The van der Waals surface area contributed by atoms with Crippen molar-refractivity contribution in [1.82, 2.24) is 4.98 Å². The summed E-state index contributed by atoms with van der Waals surface area (Å²) in [5, 5.41) is 11.8. The van der Waals surface area contributed by atoms with Crippen LogP contribution in [0.5, 0.6) is 17.2 Å². The number of thiazole rings is 1. The molecule has 0 radical (unpaired) electrons. The van der Waals surface area contributed by atoms with Gasteiger partial charge in [-0.3, -0.25) is 14.5 Å². The first-order valence-electron chi connectivity index (χ1n) is 13.7. The van der Waals surface area contributed by atoms with Crippen LogP contribution in [0.15, 0.2) is 72.3 Å². The summed E-state index contributed by atoms with van der Waals surface area (Å²) in [7, 11) is 1.55. The molecule has 3 aromatic carbocycles. The van der Waals surface area contributed by atoms with Crippen LogP contribution < -0.4 is 19.1 Å². The van der Waals surface area contributed by atoms with Gasteiger partial charge >= 0.3 is 5.91 Å². The highest BCUT2D eigenvalue weighted by Gasteiger charge is 2.48. The van der Waals surface area contributed by atoms with Gasteiger partial charge in [0.25, 0.3) is 5.78 Å². The van der Waals surface area contributed by atoms with Gasteiger partial charge in [-0.1, -0.05) is 43.2 Å². The lowest BCUT2D eigenvalue weighted by atomic mass is 9.95. The Balaban J connectivity index is 1.62. The fourth-order valence-corrected chi connectivity index (χ4v) is 5.84. The largest absolute Gasteiger partial charge is 0.507 e. The summed E-state index contributed by atoms with van der Waals surface area (Å²) in [6.45, 7) is 5.12. The maximum atomic E-state index is 13.6. The summed E-state index contributed by atoms with van der Waals surface area (Å²) in [5.41, 5.74) is 1.68. The molecule has 8 nitrogen and oxygen atoms in total. The molecule has 9 heteroatoms. The number of ether oxygens (including phenoxy) is 3. The smallest absolute Gasteiger partial charge is 0.301 e. The molecule has 1 fully saturated rings. The number of nitrogens with zero attached hydrogens (tertiary/aromatic N) is 2. The standard InChI is InChI=1S/C32H32N2O6S/c1-4-6-7-17-40-23-10-8-9-21(18-23)28-27(29(35)20-11-13-22(38-3)14-12-20)30(36)31(37)34(28)32-33-25-16-15-24(39-5-2)19-26(25)41-32/h8-16,18-19,28,35H,4-7,17H2,1-3H3/b29-27+. The van der Waals surface area contributed by atoms with Gasteiger partial charge in [-0.2, -0.15) is 0 Å². The lowest BCUT2D eigenvalue weighted by Crippen LogP contribution is -2.29. The first-order chi connectivity index (χ1) is 19.9. The van der Waals surface area contributed by atoms with Crippen molar-refractivity contribution in [2.24, 2.45) is 0 Å².